The Balaban J connectivity index is 1.87. The highest BCUT2D eigenvalue weighted by Crippen LogP contribution is 2.30. The second kappa shape index (κ2) is 8.24. The molecule has 0 aromatic heterocycles. The summed E-state index contributed by atoms with van der Waals surface area (Å²) in [5.41, 5.74) is 2.61. The lowest BCUT2D eigenvalue weighted by Crippen LogP contribution is -2.56. The first-order valence-electron chi connectivity index (χ1n) is 9.40. The van der Waals surface area contributed by atoms with Crippen LogP contribution in [0.3, 0.4) is 0 Å². The van der Waals surface area contributed by atoms with Crippen LogP contribution in [0.4, 0.5) is 4.79 Å². The van der Waals surface area contributed by atoms with Crippen LogP contribution in [0.15, 0.2) is 0 Å². The molecular formula is C18H32N4O4. The van der Waals surface area contributed by atoms with Gasteiger partial charge in [-0.15, -0.1) is 0 Å². The zero-order chi connectivity index (χ0) is 19.5. The van der Waals surface area contributed by atoms with Crippen molar-refractivity contribution in [2.24, 2.45) is 5.92 Å². The van der Waals surface area contributed by atoms with E-state index in [0.717, 1.165) is 19.3 Å². The minimum absolute atomic E-state index is 0.100. The number of alkyl carbamates (subject to hydrolysis) is 1. The summed E-state index contributed by atoms with van der Waals surface area (Å²) in [6.45, 7) is 9.04. The van der Waals surface area contributed by atoms with E-state index in [9.17, 15) is 14.4 Å². The highest BCUT2D eigenvalue weighted by Gasteiger charge is 2.42. The molecule has 1 saturated heterocycles. The molecule has 3 N–H and O–H groups in total. The van der Waals surface area contributed by atoms with Crippen molar-refractivity contribution in [2.75, 3.05) is 6.54 Å². The Hall–Kier alpha value is -1.83. The molecule has 1 heterocycles. The van der Waals surface area contributed by atoms with Crippen LogP contribution in [-0.4, -0.2) is 53.2 Å². The zero-order valence-electron chi connectivity index (χ0n) is 16.4. The van der Waals surface area contributed by atoms with Crippen LogP contribution in [0.25, 0.3) is 0 Å². The number of carbonyl (C=O) groups is 3. The Morgan fingerprint density at radius 3 is 2.42 bits per heavy atom. The van der Waals surface area contributed by atoms with Gasteiger partial charge in [-0.1, -0.05) is 13.8 Å². The predicted octanol–water partition coefficient (Wildman–Crippen LogP) is 1.31. The van der Waals surface area contributed by atoms with Gasteiger partial charge in [0.1, 0.15) is 18.2 Å². The van der Waals surface area contributed by atoms with Gasteiger partial charge in [-0.3, -0.25) is 14.6 Å². The molecule has 3 atom stereocenters. The summed E-state index contributed by atoms with van der Waals surface area (Å²) in [6.07, 6.45) is 2.97. The highest BCUT2D eigenvalue weighted by atomic mass is 16.6. The average Bonchev–Trinajstić information content (AvgIpc) is 3.12. The van der Waals surface area contributed by atoms with E-state index in [0.29, 0.717) is 12.5 Å². The second-order valence-corrected chi connectivity index (χ2v) is 8.61. The third-order valence-electron chi connectivity index (χ3n) is 4.46. The van der Waals surface area contributed by atoms with Crippen molar-refractivity contribution < 1.29 is 19.1 Å². The number of fused-ring (bicyclic) bond motifs is 2. The largest absolute Gasteiger partial charge is 0.444 e. The van der Waals surface area contributed by atoms with Gasteiger partial charge >= 0.3 is 6.09 Å². The Morgan fingerprint density at radius 2 is 1.92 bits per heavy atom. The van der Waals surface area contributed by atoms with Crippen LogP contribution < -0.4 is 16.1 Å². The minimum atomic E-state index is -0.655. The number of carbonyl (C=O) groups excluding carboxylic acids is 3. The summed E-state index contributed by atoms with van der Waals surface area (Å²) in [7, 11) is 0. The van der Waals surface area contributed by atoms with Crippen LogP contribution >= 0.6 is 0 Å². The summed E-state index contributed by atoms with van der Waals surface area (Å²) >= 11 is 0. The van der Waals surface area contributed by atoms with Crippen LogP contribution in [0, 0.1) is 5.92 Å². The normalized spacial score (nSPS) is 23.1. The van der Waals surface area contributed by atoms with E-state index in [1.807, 2.05) is 13.8 Å². The monoisotopic (exact) mass is 368 g/mol. The van der Waals surface area contributed by atoms with Crippen molar-refractivity contribution in [3.63, 3.8) is 0 Å². The number of nitrogens with zero attached hydrogens (tertiary/aromatic N) is 1. The van der Waals surface area contributed by atoms with E-state index in [1.54, 1.807) is 25.8 Å². The third-order valence-corrected chi connectivity index (χ3v) is 4.46. The lowest BCUT2D eigenvalue weighted by Gasteiger charge is -2.32. The lowest BCUT2D eigenvalue weighted by molar-refractivity contribution is -0.141. The van der Waals surface area contributed by atoms with Crippen molar-refractivity contribution in [3.05, 3.63) is 0 Å². The topological polar surface area (TPSA) is 99.8 Å². The molecule has 0 spiro atoms. The molecule has 8 nitrogen and oxygen atoms in total. The molecule has 1 aliphatic heterocycles. The Morgan fingerprint density at radius 1 is 1.23 bits per heavy atom. The van der Waals surface area contributed by atoms with Gasteiger partial charge < -0.3 is 15.4 Å². The maximum absolute atomic E-state index is 12.9. The van der Waals surface area contributed by atoms with E-state index < -0.39 is 23.6 Å². The zero-order valence-corrected chi connectivity index (χ0v) is 16.4. The van der Waals surface area contributed by atoms with Crippen molar-refractivity contribution in [2.45, 2.75) is 84.0 Å². The van der Waals surface area contributed by atoms with Gasteiger partial charge in [0, 0.05) is 6.04 Å². The first-order chi connectivity index (χ1) is 12.0. The average molecular weight is 368 g/mol. The molecule has 8 heteroatoms. The van der Waals surface area contributed by atoms with E-state index in [-0.39, 0.29) is 24.4 Å². The smallest absolute Gasteiger partial charge is 0.408 e. The molecule has 3 amide bonds. The SMILES string of the molecule is CC(C)C[C@H](NC(=O)CNC(=O)OC(C)(C)C)C(=O)N1NC2CCC1C2. The van der Waals surface area contributed by atoms with Gasteiger partial charge in [0.05, 0.1) is 6.04 Å². The van der Waals surface area contributed by atoms with E-state index in [1.165, 1.54) is 0 Å². The van der Waals surface area contributed by atoms with Crippen molar-refractivity contribution in [1.29, 1.82) is 0 Å². The molecule has 0 aromatic rings. The van der Waals surface area contributed by atoms with Gasteiger partial charge in [-0.05, 0) is 52.4 Å². The van der Waals surface area contributed by atoms with E-state index in [2.05, 4.69) is 16.1 Å². The minimum Gasteiger partial charge on any atom is -0.444 e. The van der Waals surface area contributed by atoms with Gasteiger partial charge in [0.25, 0.3) is 5.91 Å². The summed E-state index contributed by atoms with van der Waals surface area (Å²) in [4.78, 5) is 36.7. The number of hydrazine groups is 1. The van der Waals surface area contributed by atoms with Crippen molar-refractivity contribution >= 4 is 17.9 Å². The number of nitrogens with one attached hydrogen (secondary N) is 3. The molecule has 2 bridgehead atoms. The Labute approximate surface area is 155 Å². The maximum Gasteiger partial charge on any atom is 0.408 e. The Kier molecular flexibility index (Phi) is 6.49. The quantitative estimate of drug-likeness (QED) is 0.656. The molecule has 2 aliphatic rings. The summed E-state index contributed by atoms with van der Waals surface area (Å²) in [5, 5.41) is 6.88. The number of hydrogen-bond donors (Lipinski definition) is 3. The summed E-state index contributed by atoms with van der Waals surface area (Å²) in [6, 6.07) is -0.0121. The fraction of sp³-hybridized carbons (Fsp3) is 0.833. The Bertz CT molecular complexity index is 544. The van der Waals surface area contributed by atoms with Crippen LogP contribution in [0.5, 0.6) is 0 Å². The molecule has 1 saturated carbocycles. The summed E-state index contributed by atoms with van der Waals surface area (Å²) in [5.74, 6) is -0.251. The van der Waals surface area contributed by atoms with E-state index >= 15 is 0 Å². The fourth-order valence-corrected chi connectivity index (χ4v) is 3.43. The molecule has 1 aliphatic carbocycles. The number of amides is 3. The number of hydrogen-bond acceptors (Lipinski definition) is 5. The van der Waals surface area contributed by atoms with Crippen LogP contribution in [0.1, 0.15) is 60.3 Å². The molecule has 148 valence electrons. The second-order valence-electron chi connectivity index (χ2n) is 8.61. The van der Waals surface area contributed by atoms with Crippen molar-refractivity contribution in [1.82, 2.24) is 21.1 Å². The first-order valence-corrected chi connectivity index (χ1v) is 9.40. The molecule has 2 fully saturated rings. The number of rotatable bonds is 6. The first kappa shape index (κ1) is 20.5. The van der Waals surface area contributed by atoms with Crippen LogP contribution in [-0.2, 0) is 14.3 Å². The molecule has 0 radical (unpaired) electrons. The van der Waals surface area contributed by atoms with E-state index in [4.69, 9.17) is 4.74 Å². The van der Waals surface area contributed by atoms with Gasteiger partial charge in [0.15, 0.2) is 0 Å². The fourth-order valence-electron chi connectivity index (χ4n) is 3.43. The number of ether oxygens (including phenoxy) is 1. The predicted molar refractivity (Wildman–Crippen MR) is 97.0 cm³/mol. The molecule has 0 aromatic carbocycles. The molecule has 2 rings (SSSR count). The standard InChI is InChI=1S/C18H32N4O4/c1-11(2)8-14(16(24)22-13-7-6-12(9-13)21-22)20-15(23)10-19-17(25)26-18(3,4)5/h11-14,21H,6-10H2,1-5H3,(H,19,25)(H,20,23)/t12?,13?,14-/m0/s1. The van der Waals surface area contributed by atoms with Crippen LogP contribution in [0.2, 0.25) is 0 Å². The highest BCUT2D eigenvalue weighted by molar-refractivity contribution is 5.89. The van der Waals surface area contributed by atoms with Gasteiger partial charge in [0.2, 0.25) is 5.91 Å². The summed E-state index contributed by atoms with van der Waals surface area (Å²) < 4.78 is 5.10. The van der Waals surface area contributed by atoms with Gasteiger partial charge in [-0.25, -0.2) is 10.2 Å². The molecule has 26 heavy (non-hydrogen) atoms. The van der Waals surface area contributed by atoms with Gasteiger partial charge in [-0.2, -0.15) is 0 Å². The molecule has 2 unspecified atom stereocenters. The maximum atomic E-state index is 12.9. The lowest BCUT2D eigenvalue weighted by atomic mass is 10.0. The van der Waals surface area contributed by atoms with Crippen molar-refractivity contribution in [3.8, 4) is 0 Å². The third kappa shape index (κ3) is 5.86. The molecular weight excluding hydrogens is 336 g/mol.